The second-order valence-corrected chi connectivity index (χ2v) is 8.33. The second kappa shape index (κ2) is 11.0. The first-order valence-electron chi connectivity index (χ1n) is 11.3. The zero-order valence-electron chi connectivity index (χ0n) is 18.5. The van der Waals surface area contributed by atoms with E-state index in [1.54, 1.807) is 29.2 Å². The average Bonchev–Trinajstić information content (AvgIpc) is 3.51. The minimum absolute atomic E-state index is 0.0788. The SMILES string of the molecule is O=C(COc1ccc(N2C[C@@H](C(=O)NC[C@H]3CCCO3)CC2=O)cc1)NCc1ccccc1. The summed E-state index contributed by atoms with van der Waals surface area (Å²) in [5.74, 6) is -0.243. The quantitative estimate of drug-likeness (QED) is 0.608. The van der Waals surface area contributed by atoms with E-state index >= 15 is 0 Å². The molecule has 2 aromatic carbocycles. The molecule has 2 atom stereocenters. The van der Waals surface area contributed by atoms with Gasteiger partial charge in [0.1, 0.15) is 5.75 Å². The van der Waals surface area contributed by atoms with Crippen molar-refractivity contribution >= 4 is 23.4 Å². The summed E-state index contributed by atoms with van der Waals surface area (Å²) in [6.07, 6.45) is 2.25. The normalized spacial score (nSPS) is 20.0. The first-order valence-corrected chi connectivity index (χ1v) is 11.3. The lowest BCUT2D eigenvalue weighted by Crippen LogP contribution is -2.37. The molecule has 8 nitrogen and oxygen atoms in total. The van der Waals surface area contributed by atoms with Crippen LogP contribution in [0.15, 0.2) is 54.6 Å². The molecule has 0 spiro atoms. The molecule has 2 aliphatic rings. The van der Waals surface area contributed by atoms with Crippen LogP contribution in [-0.2, 0) is 25.7 Å². The summed E-state index contributed by atoms with van der Waals surface area (Å²) in [4.78, 5) is 38.6. The van der Waals surface area contributed by atoms with Crippen molar-refractivity contribution < 1.29 is 23.9 Å². The number of hydrogen-bond acceptors (Lipinski definition) is 5. The number of ether oxygens (including phenoxy) is 2. The fourth-order valence-electron chi connectivity index (χ4n) is 4.02. The Balaban J connectivity index is 1.22. The van der Waals surface area contributed by atoms with Gasteiger partial charge >= 0.3 is 0 Å². The van der Waals surface area contributed by atoms with Crippen LogP contribution in [0.2, 0.25) is 0 Å². The lowest BCUT2D eigenvalue weighted by Gasteiger charge is -2.18. The molecule has 2 N–H and O–H groups in total. The van der Waals surface area contributed by atoms with Crippen molar-refractivity contribution in [1.82, 2.24) is 10.6 Å². The molecule has 0 unspecified atom stereocenters. The summed E-state index contributed by atoms with van der Waals surface area (Å²) in [6, 6.07) is 16.6. The van der Waals surface area contributed by atoms with Crippen molar-refractivity contribution in [3.05, 3.63) is 60.2 Å². The summed E-state index contributed by atoms with van der Waals surface area (Å²) in [5.41, 5.74) is 1.72. The zero-order chi connectivity index (χ0) is 23.0. The molecular weight excluding hydrogens is 422 g/mol. The van der Waals surface area contributed by atoms with Crippen molar-refractivity contribution in [1.29, 1.82) is 0 Å². The molecule has 0 aromatic heterocycles. The van der Waals surface area contributed by atoms with E-state index in [0.29, 0.717) is 31.1 Å². The largest absolute Gasteiger partial charge is 0.484 e. The van der Waals surface area contributed by atoms with Crippen LogP contribution in [0.5, 0.6) is 5.75 Å². The Labute approximate surface area is 193 Å². The van der Waals surface area contributed by atoms with Gasteiger partial charge in [-0.1, -0.05) is 30.3 Å². The van der Waals surface area contributed by atoms with Crippen LogP contribution in [-0.4, -0.2) is 50.1 Å². The van der Waals surface area contributed by atoms with Crippen molar-refractivity contribution in [2.45, 2.75) is 31.9 Å². The maximum Gasteiger partial charge on any atom is 0.258 e. The van der Waals surface area contributed by atoms with Crippen LogP contribution in [0.1, 0.15) is 24.8 Å². The third-order valence-corrected chi connectivity index (χ3v) is 5.87. The molecule has 2 saturated heterocycles. The molecule has 0 radical (unpaired) electrons. The van der Waals surface area contributed by atoms with Crippen LogP contribution < -0.4 is 20.3 Å². The predicted octanol–water partition coefficient (Wildman–Crippen LogP) is 2.03. The summed E-state index contributed by atoms with van der Waals surface area (Å²) < 4.78 is 11.1. The van der Waals surface area contributed by atoms with Crippen LogP contribution in [0, 0.1) is 5.92 Å². The van der Waals surface area contributed by atoms with E-state index < -0.39 is 0 Å². The van der Waals surface area contributed by atoms with E-state index in [1.165, 1.54) is 0 Å². The number of amides is 3. The minimum atomic E-state index is -0.372. The van der Waals surface area contributed by atoms with E-state index in [0.717, 1.165) is 25.0 Å². The monoisotopic (exact) mass is 451 g/mol. The fourth-order valence-corrected chi connectivity index (χ4v) is 4.02. The molecule has 3 amide bonds. The molecule has 2 fully saturated rings. The van der Waals surface area contributed by atoms with Gasteiger partial charge in [0.25, 0.3) is 5.91 Å². The van der Waals surface area contributed by atoms with E-state index in [4.69, 9.17) is 9.47 Å². The maximum absolute atomic E-state index is 12.5. The maximum atomic E-state index is 12.5. The predicted molar refractivity (Wildman–Crippen MR) is 123 cm³/mol. The van der Waals surface area contributed by atoms with Crippen molar-refractivity contribution in [3.8, 4) is 5.75 Å². The van der Waals surface area contributed by atoms with Gasteiger partial charge in [-0.3, -0.25) is 14.4 Å². The average molecular weight is 452 g/mol. The Morgan fingerprint density at radius 2 is 1.85 bits per heavy atom. The Morgan fingerprint density at radius 3 is 2.58 bits per heavy atom. The van der Waals surface area contributed by atoms with E-state index in [9.17, 15) is 14.4 Å². The first kappa shape index (κ1) is 22.8. The number of nitrogens with one attached hydrogen (secondary N) is 2. The van der Waals surface area contributed by atoms with Crippen LogP contribution >= 0.6 is 0 Å². The highest BCUT2D eigenvalue weighted by Gasteiger charge is 2.35. The van der Waals surface area contributed by atoms with Crippen molar-refractivity contribution in [2.75, 3.05) is 31.2 Å². The lowest BCUT2D eigenvalue weighted by atomic mass is 10.1. The molecule has 2 aliphatic heterocycles. The molecule has 0 bridgehead atoms. The summed E-state index contributed by atoms with van der Waals surface area (Å²) in [5, 5.41) is 5.73. The van der Waals surface area contributed by atoms with Crippen LogP contribution in [0.3, 0.4) is 0 Å². The minimum Gasteiger partial charge on any atom is -0.484 e. The molecular formula is C25H29N3O5. The number of hydrogen-bond donors (Lipinski definition) is 2. The van der Waals surface area contributed by atoms with Gasteiger partial charge < -0.3 is 25.0 Å². The molecule has 174 valence electrons. The van der Waals surface area contributed by atoms with E-state index in [2.05, 4.69) is 10.6 Å². The number of carbonyl (C=O) groups is 3. The summed E-state index contributed by atoms with van der Waals surface area (Å²) in [7, 11) is 0. The summed E-state index contributed by atoms with van der Waals surface area (Å²) in [6.45, 7) is 1.93. The Bertz CT molecular complexity index is 958. The van der Waals surface area contributed by atoms with E-state index in [-0.39, 0.29) is 42.8 Å². The highest BCUT2D eigenvalue weighted by atomic mass is 16.5. The first-order chi connectivity index (χ1) is 16.1. The highest BCUT2D eigenvalue weighted by Crippen LogP contribution is 2.27. The van der Waals surface area contributed by atoms with Crippen molar-refractivity contribution in [3.63, 3.8) is 0 Å². The Hall–Kier alpha value is -3.39. The highest BCUT2D eigenvalue weighted by molar-refractivity contribution is 6.00. The van der Waals surface area contributed by atoms with Gasteiger partial charge in [0, 0.05) is 38.3 Å². The standard InChI is InChI=1S/C25H29N3O5/c29-23(26-14-18-5-2-1-3-6-18)17-33-21-10-8-20(9-11-21)28-16-19(13-24(28)30)25(31)27-15-22-7-4-12-32-22/h1-3,5-6,8-11,19,22H,4,7,12-17H2,(H,26,29)(H,27,31)/t19-,22+/m0/s1. The topological polar surface area (TPSA) is 97.0 Å². The number of benzene rings is 2. The van der Waals surface area contributed by atoms with Gasteiger partial charge in [-0.15, -0.1) is 0 Å². The van der Waals surface area contributed by atoms with Crippen molar-refractivity contribution in [2.24, 2.45) is 5.92 Å². The fraction of sp³-hybridized carbons (Fsp3) is 0.400. The van der Waals surface area contributed by atoms with Gasteiger partial charge in [-0.25, -0.2) is 0 Å². The van der Waals surface area contributed by atoms with E-state index in [1.807, 2.05) is 30.3 Å². The molecule has 0 aliphatic carbocycles. The number of carbonyl (C=O) groups excluding carboxylic acids is 3. The second-order valence-electron chi connectivity index (χ2n) is 8.33. The lowest BCUT2D eigenvalue weighted by molar-refractivity contribution is -0.126. The molecule has 2 heterocycles. The van der Waals surface area contributed by atoms with Gasteiger partial charge in [0.2, 0.25) is 11.8 Å². The van der Waals surface area contributed by atoms with Crippen LogP contribution in [0.25, 0.3) is 0 Å². The molecule has 4 rings (SSSR count). The molecule has 8 heteroatoms. The zero-order valence-corrected chi connectivity index (χ0v) is 18.5. The third kappa shape index (κ3) is 6.32. The van der Waals surface area contributed by atoms with Gasteiger partial charge in [-0.2, -0.15) is 0 Å². The summed E-state index contributed by atoms with van der Waals surface area (Å²) >= 11 is 0. The Kier molecular flexibility index (Phi) is 7.57. The van der Waals surface area contributed by atoms with Gasteiger partial charge in [0.15, 0.2) is 6.61 Å². The Morgan fingerprint density at radius 1 is 1.06 bits per heavy atom. The third-order valence-electron chi connectivity index (χ3n) is 5.87. The van der Waals surface area contributed by atoms with Gasteiger partial charge in [-0.05, 0) is 42.7 Å². The smallest absolute Gasteiger partial charge is 0.258 e. The number of rotatable bonds is 9. The van der Waals surface area contributed by atoms with Gasteiger partial charge in [0.05, 0.1) is 12.0 Å². The molecule has 33 heavy (non-hydrogen) atoms. The molecule has 0 saturated carbocycles. The molecule has 2 aromatic rings. The van der Waals surface area contributed by atoms with Crippen LogP contribution in [0.4, 0.5) is 5.69 Å². The number of nitrogens with zero attached hydrogens (tertiary/aromatic N) is 1. The number of anilines is 1.